The molecule has 2 heteroatoms. The number of hydrogen-bond donors (Lipinski definition) is 0. The summed E-state index contributed by atoms with van der Waals surface area (Å²) in [6, 6.07) is 10.4. The van der Waals surface area contributed by atoms with E-state index in [1.165, 1.54) is 18.4 Å². The van der Waals surface area contributed by atoms with E-state index in [-0.39, 0.29) is 0 Å². The molecule has 0 heterocycles. The van der Waals surface area contributed by atoms with E-state index >= 15 is 0 Å². The van der Waals surface area contributed by atoms with E-state index in [2.05, 4.69) is 54.0 Å². The van der Waals surface area contributed by atoms with Gasteiger partial charge in [0.15, 0.2) is 0 Å². The van der Waals surface area contributed by atoms with Crippen LogP contribution in [0.2, 0.25) is 0 Å². The molecule has 0 aliphatic heterocycles. The maximum absolute atomic E-state index is 5.70. The quantitative estimate of drug-likeness (QED) is 0.458. The van der Waals surface area contributed by atoms with Crippen LogP contribution in [0.5, 0.6) is 0 Å². The van der Waals surface area contributed by atoms with Crippen LogP contribution in [0, 0.1) is 11.8 Å². The standard InChI is InChI=1S/C16H25BrO/c1-14(2)11-16(12-17)9-6-10-18-13-15-7-4-3-5-8-15/h3-5,7-8,14,16H,6,9-13H2,1-2H3. The maximum Gasteiger partial charge on any atom is 0.0716 e. The Morgan fingerprint density at radius 2 is 1.89 bits per heavy atom. The molecule has 1 unspecified atom stereocenters. The van der Waals surface area contributed by atoms with Crippen LogP contribution in [0.3, 0.4) is 0 Å². The van der Waals surface area contributed by atoms with Crippen LogP contribution in [0.4, 0.5) is 0 Å². The van der Waals surface area contributed by atoms with Crippen molar-refractivity contribution in [2.75, 3.05) is 11.9 Å². The topological polar surface area (TPSA) is 9.23 Å². The van der Waals surface area contributed by atoms with Gasteiger partial charge in [-0.3, -0.25) is 0 Å². The lowest BCUT2D eigenvalue weighted by atomic mass is 9.95. The van der Waals surface area contributed by atoms with Gasteiger partial charge in [0, 0.05) is 11.9 Å². The third-order valence-corrected chi connectivity index (χ3v) is 3.95. The highest BCUT2D eigenvalue weighted by atomic mass is 79.9. The van der Waals surface area contributed by atoms with Crippen molar-refractivity contribution >= 4 is 15.9 Å². The van der Waals surface area contributed by atoms with Crippen molar-refractivity contribution in [1.82, 2.24) is 0 Å². The van der Waals surface area contributed by atoms with Crippen molar-refractivity contribution in [2.24, 2.45) is 11.8 Å². The summed E-state index contributed by atoms with van der Waals surface area (Å²) in [6.07, 6.45) is 3.73. The highest BCUT2D eigenvalue weighted by Crippen LogP contribution is 2.19. The van der Waals surface area contributed by atoms with Gasteiger partial charge >= 0.3 is 0 Å². The van der Waals surface area contributed by atoms with E-state index < -0.39 is 0 Å². The number of benzene rings is 1. The Kier molecular flexibility index (Phi) is 8.36. The van der Waals surface area contributed by atoms with Gasteiger partial charge in [0.2, 0.25) is 0 Å². The van der Waals surface area contributed by atoms with E-state index in [1.807, 2.05) is 6.07 Å². The van der Waals surface area contributed by atoms with Gasteiger partial charge in [0.05, 0.1) is 6.61 Å². The molecule has 1 atom stereocenters. The fourth-order valence-electron chi connectivity index (χ4n) is 2.16. The average Bonchev–Trinajstić information content (AvgIpc) is 2.37. The zero-order valence-corrected chi connectivity index (χ0v) is 13.2. The van der Waals surface area contributed by atoms with Crippen LogP contribution in [0.1, 0.15) is 38.7 Å². The molecule has 0 fully saturated rings. The van der Waals surface area contributed by atoms with Crippen molar-refractivity contribution in [2.45, 2.75) is 39.7 Å². The second kappa shape index (κ2) is 9.57. The number of hydrogen-bond acceptors (Lipinski definition) is 1. The van der Waals surface area contributed by atoms with Gasteiger partial charge in [0.1, 0.15) is 0 Å². The lowest BCUT2D eigenvalue weighted by Crippen LogP contribution is -2.07. The number of rotatable bonds is 9. The van der Waals surface area contributed by atoms with E-state index in [4.69, 9.17) is 4.74 Å². The van der Waals surface area contributed by atoms with Gasteiger partial charge in [0.25, 0.3) is 0 Å². The Morgan fingerprint density at radius 3 is 2.50 bits per heavy atom. The van der Waals surface area contributed by atoms with Crippen LogP contribution < -0.4 is 0 Å². The lowest BCUT2D eigenvalue weighted by molar-refractivity contribution is 0.114. The van der Waals surface area contributed by atoms with Gasteiger partial charge in [-0.1, -0.05) is 60.1 Å². The summed E-state index contributed by atoms with van der Waals surface area (Å²) in [6.45, 7) is 6.20. The molecule has 0 radical (unpaired) electrons. The Morgan fingerprint density at radius 1 is 1.17 bits per heavy atom. The molecule has 0 spiro atoms. The SMILES string of the molecule is CC(C)CC(CBr)CCCOCc1ccccc1. The fourth-order valence-corrected chi connectivity index (χ4v) is 2.75. The average molecular weight is 313 g/mol. The van der Waals surface area contributed by atoms with Crippen LogP contribution in [0.15, 0.2) is 30.3 Å². The molecule has 0 bridgehead atoms. The van der Waals surface area contributed by atoms with Gasteiger partial charge in [-0.25, -0.2) is 0 Å². The summed E-state index contributed by atoms with van der Waals surface area (Å²) in [4.78, 5) is 0. The van der Waals surface area contributed by atoms with Crippen LogP contribution in [0.25, 0.3) is 0 Å². The third-order valence-electron chi connectivity index (χ3n) is 3.04. The van der Waals surface area contributed by atoms with E-state index in [9.17, 15) is 0 Å². The summed E-state index contributed by atoms with van der Waals surface area (Å²) in [5.41, 5.74) is 1.26. The second-order valence-corrected chi connectivity index (χ2v) is 5.98. The highest BCUT2D eigenvalue weighted by Gasteiger charge is 2.08. The zero-order chi connectivity index (χ0) is 13.2. The first-order valence-corrected chi connectivity index (χ1v) is 8.02. The Balaban J connectivity index is 2.07. The van der Waals surface area contributed by atoms with Crippen molar-refractivity contribution in [3.05, 3.63) is 35.9 Å². The molecule has 102 valence electrons. The first-order chi connectivity index (χ1) is 8.72. The van der Waals surface area contributed by atoms with E-state index in [0.29, 0.717) is 0 Å². The number of halogens is 1. The summed E-state index contributed by atoms with van der Waals surface area (Å²) in [7, 11) is 0. The fraction of sp³-hybridized carbons (Fsp3) is 0.625. The first-order valence-electron chi connectivity index (χ1n) is 6.90. The normalized spacial score (nSPS) is 12.9. The van der Waals surface area contributed by atoms with Gasteiger partial charge in [-0.15, -0.1) is 0 Å². The molecule has 0 saturated heterocycles. The minimum Gasteiger partial charge on any atom is -0.377 e. The molecule has 18 heavy (non-hydrogen) atoms. The molecule has 1 rings (SSSR count). The summed E-state index contributed by atoms with van der Waals surface area (Å²) < 4.78 is 5.70. The summed E-state index contributed by atoms with van der Waals surface area (Å²) >= 11 is 3.61. The van der Waals surface area contributed by atoms with E-state index in [0.717, 1.165) is 36.8 Å². The maximum atomic E-state index is 5.70. The Bertz CT molecular complexity index is 297. The molecule has 0 saturated carbocycles. The van der Waals surface area contributed by atoms with Gasteiger partial charge < -0.3 is 4.74 Å². The minimum atomic E-state index is 0.740. The Hall–Kier alpha value is -0.340. The van der Waals surface area contributed by atoms with Gasteiger partial charge in [-0.05, 0) is 36.7 Å². The largest absolute Gasteiger partial charge is 0.377 e. The molecule has 0 aromatic heterocycles. The molecule has 1 nitrogen and oxygen atoms in total. The van der Waals surface area contributed by atoms with Crippen LogP contribution >= 0.6 is 15.9 Å². The molecule has 0 amide bonds. The molecular formula is C16H25BrO. The molecule has 0 aliphatic carbocycles. The molecule has 1 aromatic rings. The number of alkyl halides is 1. The minimum absolute atomic E-state index is 0.740. The monoisotopic (exact) mass is 312 g/mol. The molecule has 0 N–H and O–H groups in total. The van der Waals surface area contributed by atoms with Crippen LogP contribution in [-0.4, -0.2) is 11.9 Å². The van der Waals surface area contributed by atoms with Crippen molar-refractivity contribution in [1.29, 1.82) is 0 Å². The third kappa shape index (κ3) is 7.17. The van der Waals surface area contributed by atoms with Crippen molar-refractivity contribution in [3.63, 3.8) is 0 Å². The predicted molar refractivity (Wildman–Crippen MR) is 82.1 cm³/mol. The zero-order valence-electron chi connectivity index (χ0n) is 11.6. The lowest BCUT2D eigenvalue weighted by Gasteiger charge is -2.16. The number of ether oxygens (including phenoxy) is 1. The predicted octanol–water partition coefficient (Wildman–Crippen LogP) is 5.04. The smallest absolute Gasteiger partial charge is 0.0716 e. The second-order valence-electron chi connectivity index (χ2n) is 5.33. The Labute approximate surface area is 120 Å². The van der Waals surface area contributed by atoms with Crippen molar-refractivity contribution < 1.29 is 4.74 Å². The van der Waals surface area contributed by atoms with Crippen molar-refractivity contribution in [3.8, 4) is 0 Å². The highest BCUT2D eigenvalue weighted by molar-refractivity contribution is 9.09. The summed E-state index contributed by atoms with van der Waals surface area (Å²) in [5.74, 6) is 1.59. The summed E-state index contributed by atoms with van der Waals surface area (Å²) in [5, 5.41) is 1.11. The van der Waals surface area contributed by atoms with Crippen LogP contribution in [-0.2, 0) is 11.3 Å². The van der Waals surface area contributed by atoms with E-state index in [1.54, 1.807) is 0 Å². The molecule has 1 aromatic carbocycles. The molecular weight excluding hydrogens is 288 g/mol. The van der Waals surface area contributed by atoms with Gasteiger partial charge in [-0.2, -0.15) is 0 Å². The molecule has 0 aliphatic rings. The first kappa shape index (κ1) is 15.7.